The fourth-order valence-electron chi connectivity index (χ4n) is 0.577. The minimum absolute atomic E-state index is 0.283. The van der Waals surface area contributed by atoms with Crippen LogP contribution in [0.15, 0.2) is 0 Å². The second-order valence-corrected chi connectivity index (χ2v) is 1.86. The lowest BCUT2D eigenvalue weighted by Crippen LogP contribution is -2.02. The average Bonchev–Trinajstić information content (AvgIpc) is 2.02. The third-order valence-electron chi connectivity index (χ3n) is 1.07. The molecule has 4 heteroatoms. The van der Waals surface area contributed by atoms with Gasteiger partial charge in [0.05, 0.1) is 0 Å². The van der Waals surface area contributed by atoms with E-state index in [9.17, 15) is 0 Å². The van der Waals surface area contributed by atoms with Gasteiger partial charge in [-0.3, -0.25) is 11.7 Å². The van der Waals surface area contributed by atoms with E-state index in [1.54, 1.807) is 0 Å². The van der Waals surface area contributed by atoms with Crippen LogP contribution >= 0.6 is 0 Å². The number of aliphatic hydroxyl groups excluding tert-OH is 2. The van der Waals surface area contributed by atoms with E-state index in [0.29, 0.717) is 0 Å². The summed E-state index contributed by atoms with van der Waals surface area (Å²) in [6.07, 6.45) is 3.83. The van der Waals surface area contributed by atoms with Crippen LogP contribution in [0.5, 0.6) is 0 Å². The number of rotatable bonds is 5. The highest BCUT2D eigenvalue weighted by Crippen LogP contribution is 1.96. The first kappa shape index (κ1) is 12.5. The van der Waals surface area contributed by atoms with Crippen LogP contribution in [0.3, 0.4) is 0 Å². The fraction of sp³-hybridized carbons (Fsp3) is 1.00. The molecule has 0 aliphatic rings. The third kappa shape index (κ3) is 15.7. The van der Waals surface area contributed by atoms with Gasteiger partial charge in [0.1, 0.15) is 0 Å². The molecule has 0 aromatic rings. The Morgan fingerprint density at radius 1 is 0.700 bits per heavy atom. The van der Waals surface area contributed by atoms with E-state index in [0.717, 1.165) is 25.7 Å². The summed E-state index contributed by atoms with van der Waals surface area (Å²) in [5.41, 5.74) is 0. The Hall–Kier alpha value is -0.160. The van der Waals surface area contributed by atoms with Crippen LogP contribution in [0.2, 0.25) is 0 Å². The Kier molecular flexibility index (Phi) is 19.9. The molecular formula is C6H18N2O2. The van der Waals surface area contributed by atoms with Gasteiger partial charge in [0.15, 0.2) is 0 Å². The summed E-state index contributed by atoms with van der Waals surface area (Å²) in [6.45, 7) is 0.566. The number of unbranched alkanes of at least 4 members (excludes halogenated alkanes) is 3. The largest absolute Gasteiger partial charge is 0.396 e. The van der Waals surface area contributed by atoms with Gasteiger partial charge in [-0.25, -0.2) is 0 Å². The summed E-state index contributed by atoms with van der Waals surface area (Å²) < 4.78 is 0. The molecule has 10 heavy (non-hydrogen) atoms. The summed E-state index contributed by atoms with van der Waals surface area (Å²) in [6, 6.07) is 0. The molecule has 0 aromatic heterocycles. The zero-order chi connectivity index (χ0) is 8.24. The topological polar surface area (TPSA) is 92.5 Å². The highest BCUT2D eigenvalue weighted by Gasteiger charge is 1.84. The molecule has 64 valence electrons. The van der Waals surface area contributed by atoms with Crippen LogP contribution in [0.4, 0.5) is 0 Å². The summed E-state index contributed by atoms with van der Waals surface area (Å²) >= 11 is 0. The maximum absolute atomic E-state index is 8.30. The van der Waals surface area contributed by atoms with Crippen LogP contribution in [0.25, 0.3) is 0 Å². The van der Waals surface area contributed by atoms with Crippen LogP contribution in [-0.2, 0) is 0 Å². The summed E-state index contributed by atoms with van der Waals surface area (Å²) in [4.78, 5) is 0. The summed E-state index contributed by atoms with van der Waals surface area (Å²) in [5.74, 6) is 8.00. The van der Waals surface area contributed by atoms with Crippen molar-refractivity contribution >= 4 is 0 Å². The van der Waals surface area contributed by atoms with Crippen molar-refractivity contribution in [2.24, 2.45) is 11.7 Å². The van der Waals surface area contributed by atoms with Gasteiger partial charge in [0.25, 0.3) is 0 Å². The molecule has 0 amide bonds. The fourth-order valence-corrected chi connectivity index (χ4v) is 0.577. The Morgan fingerprint density at radius 3 is 1.20 bits per heavy atom. The molecule has 4 nitrogen and oxygen atoms in total. The van der Waals surface area contributed by atoms with Gasteiger partial charge in [0, 0.05) is 13.2 Å². The van der Waals surface area contributed by atoms with Crippen molar-refractivity contribution in [3.05, 3.63) is 0 Å². The van der Waals surface area contributed by atoms with E-state index < -0.39 is 0 Å². The lowest BCUT2D eigenvalue weighted by Gasteiger charge is -1.93. The highest BCUT2D eigenvalue weighted by molar-refractivity contribution is 4.39. The van der Waals surface area contributed by atoms with Gasteiger partial charge in [-0.15, -0.1) is 0 Å². The summed E-state index contributed by atoms with van der Waals surface area (Å²) in [5, 5.41) is 16.6. The van der Waals surface area contributed by atoms with E-state index in [-0.39, 0.29) is 13.2 Å². The molecule has 0 unspecified atom stereocenters. The van der Waals surface area contributed by atoms with E-state index >= 15 is 0 Å². The lowest BCUT2D eigenvalue weighted by atomic mass is 10.2. The Morgan fingerprint density at radius 2 is 1.00 bits per heavy atom. The minimum atomic E-state index is 0.283. The molecule has 0 heterocycles. The Balaban J connectivity index is 0. The zero-order valence-corrected chi connectivity index (χ0v) is 6.29. The van der Waals surface area contributed by atoms with Gasteiger partial charge in [0.2, 0.25) is 0 Å². The van der Waals surface area contributed by atoms with Crippen molar-refractivity contribution < 1.29 is 10.2 Å². The van der Waals surface area contributed by atoms with Gasteiger partial charge in [-0.05, 0) is 12.8 Å². The highest BCUT2D eigenvalue weighted by atomic mass is 16.3. The van der Waals surface area contributed by atoms with E-state index in [4.69, 9.17) is 10.2 Å². The molecule has 0 fully saturated rings. The number of hydrogen-bond donors (Lipinski definition) is 4. The first-order chi connectivity index (χ1) is 4.91. The monoisotopic (exact) mass is 150 g/mol. The zero-order valence-electron chi connectivity index (χ0n) is 6.29. The van der Waals surface area contributed by atoms with E-state index in [1.165, 1.54) is 0 Å². The minimum Gasteiger partial charge on any atom is -0.396 e. The van der Waals surface area contributed by atoms with Crippen molar-refractivity contribution in [1.29, 1.82) is 0 Å². The van der Waals surface area contributed by atoms with Gasteiger partial charge in [-0.2, -0.15) is 0 Å². The number of hydrogen-bond acceptors (Lipinski definition) is 4. The molecule has 0 aliphatic carbocycles. The van der Waals surface area contributed by atoms with Gasteiger partial charge < -0.3 is 10.2 Å². The van der Waals surface area contributed by atoms with Crippen LogP contribution in [0.1, 0.15) is 25.7 Å². The molecular weight excluding hydrogens is 132 g/mol. The Bertz CT molecular complexity index is 38.7. The Labute approximate surface area is 61.8 Å². The smallest absolute Gasteiger partial charge is 0.0431 e. The maximum atomic E-state index is 8.30. The molecule has 0 rings (SSSR count). The van der Waals surface area contributed by atoms with Gasteiger partial charge in [-0.1, -0.05) is 12.8 Å². The lowest BCUT2D eigenvalue weighted by molar-refractivity contribution is 0.265. The van der Waals surface area contributed by atoms with Gasteiger partial charge >= 0.3 is 0 Å². The van der Waals surface area contributed by atoms with Crippen LogP contribution in [-0.4, -0.2) is 23.4 Å². The van der Waals surface area contributed by atoms with Crippen LogP contribution in [0, 0.1) is 0 Å². The molecule has 0 atom stereocenters. The number of nitrogens with two attached hydrogens (primary N) is 2. The van der Waals surface area contributed by atoms with Crippen molar-refractivity contribution in [2.75, 3.05) is 13.2 Å². The molecule has 0 saturated heterocycles. The molecule has 0 aromatic carbocycles. The first-order valence-electron chi connectivity index (χ1n) is 3.47. The number of hydrazine groups is 1. The molecule has 0 spiro atoms. The van der Waals surface area contributed by atoms with Crippen LogP contribution < -0.4 is 11.7 Å². The number of aliphatic hydroxyl groups is 2. The normalized spacial score (nSPS) is 8.40. The van der Waals surface area contributed by atoms with E-state index in [2.05, 4.69) is 11.7 Å². The summed E-state index contributed by atoms with van der Waals surface area (Å²) in [7, 11) is 0. The SMILES string of the molecule is NN.OCCCCCCO. The van der Waals surface area contributed by atoms with E-state index in [1.807, 2.05) is 0 Å². The maximum Gasteiger partial charge on any atom is 0.0431 e. The van der Waals surface area contributed by atoms with Crippen molar-refractivity contribution in [1.82, 2.24) is 0 Å². The first-order valence-corrected chi connectivity index (χ1v) is 3.47. The third-order valence-corrected chi connectivity index (χ3v) is 1.07. The second kappa shape index (κ2) is 15.9. The average molecular weight is 150 g/mol. The predicted octanol–water partition coefficient (Wildman–Crippen LogP) is -0.650. The molecule has 0 aliphatic heterocycles. The predicted molar refractivity (Wildman–Crippen MR) is 41.0 cm³/mol. The molecule has 0 radical (unpaired) electrons. The van der Waals surface area contributed by atoms with Crippen molar-refractivity contribution in [2.45, 2.75) is 25.7 Å². The quantitative estimate of drug-likeness (QED) is 0.238. The standard InChI is InChI=1S/C6H14O2.H4N2/c7-5-3-1-2-4-6-8;1-2/h7-8H,1-6H2;1-2H2. The molecule has 0 saturated carbocycles. The molecule has 0 bridgehead atoms. The van der Waals surface area contributed by atoms with Crippen molar-refractivity contribution in [3.8, 4) is 0 Å². The van der Waals surface area contributed by atoms with Crippen molar-refractivity contribution in [3.63, 3.8) is 0 Å². The second-order valence-electron chi connectivity index (χ2n) is 1.86. The molecule has 6 N–H and O–H groups in total.